The second-order valence-corrected chi connectivity index (χ2v) is 5.73. The van der Waals surface area contributed by atoms with Crippen LogP contribution in [0.4, 0.5) is 5.95 Å². The van der Waals surface area contributed by atoms with Gasteiger partial charge in [0.2, 0.25) is 5.95 Å². The van der Waals surface area contributed by atoms with Gasteiger partial charge in [-0.05, 0) is 23.6 Å². The predicted molar refractivity (Wildman–Crippen MR) is 99.1 cm³/mol. The van der Waals surface area contributed by atoms with Crippen molar-refractivity contribution >= 4 is 5.95 Å². The minimum atomic E-state index is -0.351. The van der Waals surface area contributed by atoms with Gasteiger partial charge in [-0.1, -0.05) is 36.4 Å². The molecule has 3 aromatic rings. The van der Waals surface area contributed by atoms with Crippen molar-refractivity contribution in [2.24, 2.45) is 0 Å². The van der Waals surface area contributed by atoms with Crippen molar-refractivity contribution in [3.63, 3.8) is 0 Å². The Bertz CT molecular complexity index is 853. The molecule has 134 valence electrons. The number of hydrogen-bond donors (Lipinski definition) is 1. The summed E-state index contributed by atoms with van der Waals surface area (Å²) in [5.41, 5.74) is 1.82. The molecule has 7 heteroatoms. The van der Waals surface area contributed by atoms with Gasteiger partial charge in [0.05, 0.1) is 19.8 Å². The van der Waals surface area contributed by atoms with E-state index < -0.39 is 0 Å². The minimum Gasteiger partial charge on any atom is -0.379 e. The number of anilines is 1. The summed E-state index contributed by atoms with van der Waals surface area (Å²) in [5, 5.41) is 3.00. The molecule has 0 saturated heterocycles. The Kier molecular flexibility index (Phi) is 6.44. The van der Waals surface area contributed by atoms with Gasteiger partial charge in [0, 0.05) is 18.9 Å². The van der Waals surface area contributed by atoms with E-state index >= 15 is 0 Å². The highest BCUT2D eigenvalue weighted by Gasteiger charge is 2.02. The molecule has 1 N–H and O–H groups in total. The molecule has 0 aliphatic rings. The van der Waals surface area contributed by atoms with E-state index in [1.807, 2.05) is 30.3 Å². The third-order valence-electron chi connectivity index (χ3n) is 3.75. The molecular weight excluding hydrogens is 330 g/mol. The third kappa shape index (κ3) is 5.49. The first-order chi connectivity index (χ1) is 12.8. The molecule has 0 saturated carbocycles. The van der Waals surface area contributed by atoms with E-state index in [2.05, 4.69) is 32.4 Å². The first-order valence-electron chi connectivity index (χ1n) is 8.49. The van der Waals surface area contributed by atoms with Crippen molar-refractivity contribution < 1.29 is 4.74 Å². The maximum Gasteiger partial charge on any atom is 0.352 e. The van der Waals surface area contributed by atoms with Crippen LogP contribution in [0.5, 0.6) is 0 Å². The fourth-order valence-corrected chi connectivity index (χ4v) is 2.41. The summed E-state index contributed by atoms with van der Waals surface area (Å²) < 4.78 is 7.03. The van der Waals surface area contributed by atoms with Gasteiger partial charge < -0.3 is 10.1 Å². The van der Waals surface area contributed by atoms with Crippen LogP contribution >= 0.6 is 0 Å². The van der Waals surface area contributed by atoms with E-state index in [0.29, 0.717) is 32.3 Å². The van der Waals surface area contributed by atoms with Crippen molar-refractivity contribution in [1.82, 2.24) is 19.5 Å². The standard InChI is InChI=1S/C19H21N5O2/c25-19-23-18(22-15-24(19)14-17-7-4-9-20-13-17)21-10-12-26-11-8-16-5-2-1-3-6-16/h1-7,9,13,15H,8,10-12,14H2,(H,21,23,25). The summed E-state index contributed by atoms with van der Waals surface area (Å²) in [6.07, 6.45) is 5.77. The molecule has 0 spiro atoms. The summed E-state index contributed by atoms with van der Waals surface area (Å²) >= 11 is 0. The van der Waals surface area contributed by atoms with E-state index in [1.54, 1.807) is 12.4 Å². The van der Waals surface area contributed by atoms with Crippen molar-refractivity contribution in [2.75, 3.05) is 25.1 Å². The number of nitrogens with one attached hydrogen (secondary N) is 1. The summed E-state index contributed by atoms with van der Waals surface area (Å²) in [6, 6.07) is 13.9. The van der Waals surface area contributed by atoms with Crippen LogP contribution in [-0.4, -0.2) is 39.3 Å². The van der Waals surface area contributed by atoms with Gasteiger partial charge in [-0.3, -0.25) is 9.55 Å². The van der Waals surface area contributed by atoms with Crippen LogP contribution in [0.2, 0.25) is 0 Å². The highest BCUT2D eigenvalue weighted by molar-refractivity contribution is 5.21. The highest BCUT2D eigenvalue weighted by atomic mass is 16.5. The minimum absolute atomic E-state index is 0.309. The number of hydrogen-bond acceptors (Lipinski definition) is 6. The van der Waals surface area contributed by atoms with E-state index in [9.17, 15) is 4.79 Å². The Balaban J connectivity index is 1.40. The average Bonchev–Trinajstić information content (AvgIpc) is 2.68. The topological polar surface area (TPSA) is 81.9 Å². The van der Waals surface area contributed by atoms with Crippen LogP contribution in [-0.2, 0) is 17.7 Å². The van der Waals surface area contributed by atoms with Gasteiger partial charge >= 0.3 is 5.69 Å². The first-order valence-corrected chi connectivity index (χ1v) is 8.49. The monoisotopic (exact) mass is 351 g/mol. The van der Waals surface area contributed by atoms with Gasteiger partial charge in [0.15, 0.2) is 0 Å². The number of nitrogens with zero attached hydrogens (tertiary/aromatic N) is 4. The van der Waals surface area contributed by atoms with Crippen molar-refractivity contribution in [2.45, 2.75) is 13.0 Å². The third-order valence-corrected chi connectivity index (χ3v) is 3.75. The SMILES string of the molecule is O=c1nc(NCCOCCc2ccccc2)ncn1Cc1cccnc1. The van der Waals surface area contributed by atoms with E-state index in [1.165, 1.54) is 16.5 Å². The van der Waals surface area contributed by atoms with E-state index in [-0.39, 0.29) is 5.69 Å². The lowest BCUT2D eigenvalue weighted by Crippen LogP contribution is -2.26. The molecule has 1 aromatic carbocycles. The zero-order valence-electron chi connectivity index (χ0n) is 14.4. The molecule has 0 fully saturated rings. The molecule has 0 bridgehead atoms. The molecule has 2 heterocycles. The Morgan fingerprint density at radius 3 is 2.65 bits per heavy atom. The van der Waals surface area contributed by atoms with Gasteiger partial charge in [-0.25, -0.2) is 9.78 Å². The summed E-state index contributed by atoms with van der Waals surface area (Å²) in [4.78, 5) is 24.2. The zero-order chi connectivity index (χ0) is 18.0. The Morgan fingerprint density at radius 1 is 1.04 bits per heavy atom. The van der Waals surface area contributed by atoms with Gasteiger partial charge in [-0.15, -0.1) is 0 Å². The Hall–Kier alpha value is -3.06. The molecule has 26 heavy (non-hydrogen) atoms. The summed E-state index contributed by atoms with van der Waals surface area (Å²) in [6.45, 7) is 2.12. The van der Waals surface area contributed by atoms with Crippen LogP contribution < -0.4 is 11.0 Å². The second kappa shape index (κ2) is 9.43. The highest BCUT2D eigenvalue weighted by Crippen LogP contribution is 2.00. The van der Waals surface area contributed by atoms with Crippen molar-refractivity contribution in [3.8, 4) is 0 Å². The molecular formula is C19H21N5O2. The molecule has 0 radical (unpaired) electrons. The van der Waals surface area contributed by atoms with Crippen LogP contribution in [0, 0.1) is 0 Å². The maximum atomic E-state index is 12.1. The molecule has 7 nitrogen and oxygen atoms in total. The van der Waals surface area contributed by atoms with Crippen LogP contribution in [0.15, 0.2) is 66.0 Å². The fraction of sp³-hybridized carbons (Fsp3) is 0.263. The molecule has 3 rings (SSSR count). The number of ether oxygens (including phenoxy) is 1. The lowest BCUT2D eigenvalue weighted by molar-refractivity contribution is 0.147. The normalized spacial score (nSPS) is 10.6. The van der Waals surface area contributed by atoms with Crippen LogP contribution in [0.25, 0.3) is 0 Å². The maximum absolute atomic E-state index is 12.1. The van der Waals surface area contributed by atoms with Gasteiger partial charge in [0.25, 0.3) is 0 Å². The number of benzene rings is 1. The Labute approximate surface area is 151 Å². The number of rotatable bonds is 9. The van der Waals surface area contributed by atoms with Gasteiger partial charge in [0.1, 0.15) is 6.33 Å². The summed E-state index contributed by atoms with van der Waals surface area (Å²) in [5.74, 6) is 0.309. The molecule has 2 aromatic heterocycles. The van der Waals surface area contributed by atoms with Gasteiger partial charge in [-0.2, -0.15) is 4.98 Å². The zero-order valence-corrected chi connectivity index (χ0v) is 14.4. The molecule has 0 amide bonds. The predicted octanol–water partition coefficient (Wildman–Crippen LogP) is 1.75. The lowest BCUT2D eigenvalue weighted by atomic mass is 10.2. The Morgan fingerprint density at radius 2 is 1.88 bits per heavy atom. The van der Waals surface area contributed by atoms with Crippen LogP contribution in [0.3, 0.4) is 0 Å². The van der Waals surface area contributed by atoms with E-state index in [0.717, 1.165) is 12.0 Å². The quantitative estimate of drug-likeness (QED) is 0.592. The fourth-order valence-electron chi connectivity index (χ4n) is 2.41. The first kappa shape index (κ1) is 17.8. The van der Waals surface area contributed by atoms with Crippen molar-refractivity contribution in [3.05, 3.63) is 82.8 Å². The molecule has 0 aliphatic carbocycles. The van der Waals surface area contributed by atoms with E-state index in [4.69, 9.17) is 4.74 Å². The van der Waals surface area contributed by atoms with Crippen LogP contribution in [0.1, 0.15) is 11.1 Å². The number of aromatic nitrogens is 4. The smallest absolute Gasteiger partial charge is 0.352 e. The summed E-state index contributed by atoms with van der Waals surface area (Å²) in [7, 11) is 0. The molecule has 0 unspecified atom stereocenters. The molecule has 0 aliphatic heterocycles. The largest absolute Gasteiger partial charge is 0.379 e. The molecule has 0 atom stereocenters. The average molecular weight is 351 g/mol. The van der Waals surface area contributed by atoms with Crippen molar-refractivity contribution in [1.29, 1.82) is 0 Å². The lowest BCUT2D eigenvalue weighted by Gasteiger charge is -2.08. The second-order valence-electron chi connectivity index (χ2n) is 5.73. The number of pyridine rings is 1.